The maximum Gasteiger partial charge on any atom is 0.255 e. The second-order valence-electron chi connectivity index (χ2n) is 6.40. The number of tetrazole rings is 1. The number of aryl methyl sites for hydroxylation is 1. The number of thioether (sulfide) groups is 1. The van der Waals surface area contributed by atoms with Gasteiger partial charge in [0.05, 0.1) is 11.6 Å². The van der Waals surface area contributed by atoms with Gasteiger partial charge in [-0.05, 0) is 47.2 Å². The van der Waals surface area contributed by atoms with Crippen LogP contribution in [0.4, 0.5) is 5.69 Å². The van der Waals surface area contributed by atoms with E-state index in [2.05, 4.69) is 20.8 Å². The first-order valence-corrected chi connectivity index (χ1v) is 9.87. The van der Waals surface area contributed by atoms with Crippen LogP contribution in [0.5, 0.6) is 0 Å². The first kappa shape index (κ1) is 18.2. The molecule has 2 aromatic carbocycles. The summed E-state index contributed by atoms with van der Waals surface area (Å²) in [5, 5.41) is 14.1. The van der Waals surface area contributed by atoms with Gasteiger partial charge in [0.1, 0.15) is 12.4 Å². The highest BCUT2D eigenvalue weighted by Crippen LogP contribution is 2.25. The van der Waals surface area contributed by atoms with Crippen LogP contribution in [0.15, 0.2) is 54.9 Å². The number of benzene rings is 2. The maximum absolute atomic E-state index is 12.9. The van der Waals surface area contributed by atoms with E-state index in [1.165, 1.54) is 6.33 Å². The Morgan fingerprint density at radius 3 is 2.75 bits per heavy atom. The molecule has 2 heterocycles. The molecule has 0 spiro atoms. The quantitative estimate of drug-likeness (QED) is 0.729. The fourth-order valence-corrected chi connectivity index (χ4v) is 4.19. The van der Waals surface area contributed by atoms with E-state index in [4.69, 9.17) is 0 Å². The van der Waals surface area contributed by atoms with Crippen LogP contribution in [0.3, 0.4) is 0 Å². The van der Waals surface area contributed by atoms with Crippen LogP contribution in [0.1, 0.15) is 15.9 Å². The molecule has 0 unspecified atom stereocenters. The van der Waals surface area contributed by atoms with Gasteiger partial charge in [0.2, 0.25) is 5.91 Å². The Bertz CT molecular complexity index is 993. The van der Waals surface area contributed by atoms with Crippen molar-refractivity contribution in [3.8, 4) is 5.69 Å². The molecular weight excluding hydrogens is 376 g/mol. The number of anilines is 1. The SMILES string of the molecule is Cc1ccc(NC(=O)[C@@H]2CSCN2C(=O)c2ccccc2)cc1-n1cnnn1. The van der Waals surface area contributed by atoms with Crippen molar-refractivity contribution in [2.45, 2.75) is 13.0 Å². The second-order valence-corrected chi connectivity index (χ2v) is 7.40. The van der Waals surface area contributed by atoms with Gasteiger partial charge in [0.25, 0.3) is 5.91 Å². The number of aromatic nitrogens is 4. The first-order valence-electron chi connectivity index (χ1n) is 8.72. The molecule has 142 valence electrons. The molecule has 1 aliphatic heterocycles. The van der Waals surface area contributed by atoms with Gasteiger partial charge in [-0.15, -0.1) is 16.9 Å². The minimum Gasteiger partial charge on any atom is -0.324 e. The number of rotatable bonds is 4. The Balaban J connectivity index is 1.52. The minimum absolute atomic E-state index is 0.135. The van der Waals surface area contributed by atoms with Crippen LogP contribution in [0.25, 0.3) is 5.69 Å². The normalized spacial score (nSPS) is 16.2. The van der Waals surface area contributed by atoms with Crippen molar-refractivity contribution >= 4 is 29.3 Å². The van der Waals surface area contributed by atoms with Crippen LogP contribution in [-0.2, 0) is 4.79 Å². The molecule has 0 aliphatic carbocycles. The van der Waals surface area contributed by atoms with Gasteiger partial charge >= 0.3 is 0 Å². The van der Waals surface area contributed by atoms with Crippen LogP contribution in [0.2, 0.25) is 0 Å². The predicted molar refractivity (Wildman–Crippen MR) is 106 cm³/mol. The standard InChI is InChI=1S/C19H18N6O2S/c1-13-7-8-15(9-16(13)25-11-20-22-23-25)21-18(26)17-10-28-12-24(17)19(27)14-5-3-2-4-6-14/h2-9,11,17H,10,12H2,1H3,(H,21,26)/t17-/m0/s1. The Kier molecular flexibility index (Phi) is 5.07. The van der Waals surface area contributed by atoms with Crippen molar-refractivity contribution in [2.75, 3.05) is 16.9 Å². The molecule has 8 nitrogen and oxygen atoms in total. The molecule has 1 aromatic heterocycles. The lowest BCUT2D eigenvalue weighted by molar-refractivity contribution is -0.119. The molecule has 0 bridgehead atoms. The molecule has 2 amide bonds. The Morgan fingerprint density at radius 1 is 1.18 bits per heavy atom. The van der Waals surface area contributed by atoms with Gasteiger partial charge in [-0.3, -0.25) is 9.59 Å². The molecule has 9 heteroatoms. The number of hydrogen-bond acceptors (Lipinski definition) is 6. The third kappa shape index (κ3) is 3.61. The number of nitrogens with one attached hydrogen (secondary N) is 1. The summed E-state index contributed by atoms with van der Waals surface area (Å²) in [6.45, 7) is 1.94. The number of nitrogens with zero attached hydrogens (tertiary/aromatic N) is 5. The van der Waals surface area contributed by atoms with Crippen LogP contribution < -0.4 is 5.32 Å². The van der Waals surface area contributed by atoms with Crippen LogP contribution >= 0.6 is 11.8 Å². The van der Waals surface area contributed by atoms with Crippen molar-refractivity contribution < 1.29 is 9.59 Å². The highest BCUT2D eigenvalue weighted by molar-refractivity contribution is 7.99. The molecule has 1 aliphatic rings. The topological polar surface area (TPSA) is 93.0 Å². The summed E-state index contributed by atoms with van der Waals surface area (Å²) in [6, 6.07) is 14.0. The molecule has 3 aromatic rings. The van der Waals surface area contributed by atoms with Gasteiger partial charge in [-0.2, -0.15) is 0 Å². The van der Waals surface area contributed by atoms with Crippen molar-refractivity contribution in [3.05, 3.63) is 66.0 Å². The zero-order valence-electron chi connectivity index (χ0n) is 15.1. The van der Waals surface area contributed by atoms with E-state index in [1.54, 1.807) is 33.5 Å². The van der Waals surface area contributed by atoms with Gasteiger partial charge < -0.3 is 10.2 Å². The molecule has 1 saturated heterocycles. The number of amides is 2. The maximum atomic E-state index is 12.9. The van der Waals surface area contributed by atoms with E-state index >= 15 is 0 Å². The lowest BCUT2D eigenvalue weighted by Crippen LogP contribution is -2.44. The van der Waals surface area contributed by atoms with Crippen molar-refractivity contribution in [2.24, 2.45) is 0 Å². The summed E-state index contributed by atoms with van der Waals surface area (Å²) >= 11 is 1.57. The van der Waals surface area contributed by atoms with E-state index < -0.39 is 6.04 Å². The zero-order valence-corrected chi connectivity index (χ0v) is 16.0. The minimum atomic E-state index is -0.518. The summed E-state index contributed by atoms with van der Waals surface area (Å²) in [5.41, 5.74) is 2.97. The molecule has 0 radical (unpaired) electrons. The van der Waals surface area contributed by atoms with Crippen molar-refractivity contribution in [1.29, 1.82) is 0 Å². The smallest absolute Gasteiger partial charge is 0.255 e. The third-order valence-corrected chi connectivity index (χ3v) is 5.55. The summed E-state index contributed by atoms with van der Waals surface area (Å²) < 4.78 is 1.54. The van der Waals surface area contributed by atoms with Crippen molar-refractivity contribution in [3.63, 3.8) is 0 Å². The molecule has 4 rings (SSSR count). The zero-order chi connectivity index (χ0) is 19.5. The molecule has 1 atom stereocenters. The largest absolute Gasteiger partial charge is 0.324 e. The van der Waals surface area contributed by atoms with Crippen LogP contribution in [-0.4, -0.2) is 54.6 Å². The summed E-state index contributed by atoms with van der Waals surface area (Å²) in [7, 11) is 0. The fraction of sp³-hybridized carbons (Fsp3) is 0.211. The second kappa shape index (κ2) is 7.81. The average molecular weight is 394 g/mol. The van der Waals surface area contributed by atoms with Crippen molar-refractivity contribution in [1.82, 2.24) is 25.1 Å². The fourth-order valence-electron chi connectivity index (χ4n) is 3.04. The number of hydrogen-bond donors (Lipinski definition) is 1. The number of carbonyl (C=O) groups excluding carboxylic acids is 2. The van der Waals surface area contributed by atoms with Crippen LogP contribution in [0, 0.1) is 6.92 Å². The molecular formula is C19H18N6O2S. The van der Waals surface area contributed by atoms with Gasteiger partial charge in [0.15, 0.2) is 0 Å². The van der Waals surface area contributed by atoms with Gasteiger partial charge in [0, 0.05) is 17.0 Å². The predicted octanol–water partition coefficient (Wildman–Crippen LogP) is 2.12. The van der Waals surface area contributed by atoms with E-state index in [1.807, 2.05) is 43.3 Å². The first-order chi connectivity index (χ1) is 13.6. The number of carbonyl (C=O) groups is 2. The Labute approximate surface area is 165 Å². The van der Waals surface area contributed by atoms with Gasteiger partial charge in [-0.25, -0.2) is 4.68 Å². The van der Waals surface area contributed by atoms with Gasteiger partial charge in [-0.1, -0.05) is 24.3 Å². The Hall–Kier alpha value is -3.20. The molecule has 28 heavy (non-hydrogen) atoms. The highest BCUT2D eigenvalue weighted by atomic mass is 32.2. The van der Waals surface area contributed by atoms with E-state index in [0.29, 0.717) is 22.9 Å². The lowest BCUT2D eigenvalue weighted by Gasteiger charge is -2.23. The average Bonchev–Trinajstić information content (AvgIpc) is 3.41. The Morgan fingerprint density at radius 2 is 2.00 bits per heavy atom. The third-order valence-electron chi connectivity index (χ3n) is 4.54. The monoisotopic (exact) mass is 394 g/mol. The van der Waals surface area contributed by atoms with E-state index in [-0.39, 0.29) is 11.8 Å². The van der Waals surface area contributed by atoms with E-state index in [0.717, 1.165) is 11.3 Å². The molecule has 1 N–H and O–H groups in total. The molecule has 1 fully saturated rings. The summed E-state index contributed by atoms with van der Waals surface area (Å²) in [4.78, 5) is 27.3. The van der Waals surface area contributed by atoms with E-state index in [9.17, 15) is 9.59 Å². The molecule has 0 saturated carbocycles. The summed E-state index contributed by atoms with van der Waals surface area (Å²) in [5.74, 6) is 0.718. The lowest BCUT2D eigenvalue weighted by atomic mass is 10.1. The highest BCUT2D eigenvalue weighted by Gasteiger charge is 2.35. The summed E-state index contributed by atoms with van der Waals surface area (Å²) in [6.07, 6.45) is 1.50.